The van der Waals surface area contributed by atoms with Crippen molar-refractivity contribution in [3.05, 3.63) is 30.3 Å². The average Bonchev–Trinajstić information content (AvgIpc) is 2.37. The lowest BCUT2D eigenvalue weighted by Crippen LogP contribution is -2.42. The highest BCUT2D eigenvalue weighted by Gasteiger charge is 2.29. The second kappa shape index (κ2) is 6.81. The molecule has 0 aromatic heterocycles. The SMILES string of the molecule is CC(C(=O)N(CCC(N)=S)c1ccccc1)S(C)(=O)=O. The molecule has 7 heteroatoms. The average molecular weight is 314 g/mol. The zero-order chi connectivity index (χ0) is 15.3. The van der Waals surface area contributed by atoms with Crippen LogP contribution >= 0.6 is 12.2 Å². The van der Waals surface area contributed by atoms with Gasteiger partial charge in [0.1, 0.15) is 5.25 Å². The van der Waals surface area contributed by atoms with Gasteiger partial charge in [0, 0.05) is 24.9 Å². The Bertz CT molecular complexity index is 585. The number of para-hydroxylation sites is 1. The summed E-state index contributed by atoms with van der Waals surface area (Å²) < 4.78 is 23.1. The van der Waals surface area contributed by atoms with E-state index >= 15 is 0 Å². The molecule has 1 unspecified atom stereocenters. The summed E-state index contributed by atoms with van der Waals surface area (Å²) in [5, 5.41) is -1.10. The van der Waals surface area contributed by atoms with Gasteiger partial charge in [-0.3, -0.25) is 4.79 Å². The van der Waals surface area contributed by atoms with Crippen LogP contribution in [0.25, 0.3) is 0 Å². The number of amides is 1. The molecule has 0 bridgehead atoms. The molecule has 0 saturated heterocycles. The fourth-order valence-corrected chi connectivity index (χ4v) is 2.18. The molecule has 0 radical (unpaired) electrons. The molecule has 1 atom stereocenters. The highest BCUT2D eigenvalue weighted by Crippen LogP contribution is 2.17. The molecule has 0 spiro atoms. The van der Waals surface area contributed by atoms with Gasteiger partial charge < -0.3 is 10.6 Å². The summed E-state index contributed by atoms with van der Waals surface area (Å²) in [5.41, 5.74) is 6.09. The molecule has 0 fully saturated rings. The van der Waals surface area contributed by atoms with Crippen LogP contribution in [0.15, 0.2) is 30.3 Å². The molecule has 0 heterocycles. The Morgan fingerprint density at radius 2 is 1.90 bits per heavy atom. The molecular weight excluding hydrogens is 296 g/mol. The Labute approximate surface area is 124 Å². The largest absolute Gasteiger partial charge is 0.393 e. The number of nitrogens with two attached hydrogens (primary N) is 1. The third-order valence-electron chi connectivity index (χ3n) is 2.91. The van der Waals surface area contributed by atoms with E-state index in [-0.39, 0.29) is 11.5 Å². The molecule has 5 nitrogen and oxygen atoms in total. The summed E-state index contributed by atoms with van der Waals surface area (Å²) in [6.07, 6.45) is 1.39. The number of thiocarbonyl (C=S) groups is 1. The Balaban J connectivity index is 3.05. The monoisotopic (exact) mass is 314 g/mol. The molecule has 0 aliphatic heterocycles. The minimum atomic E-state index is -3.45. The van der Waals surface area contributed by atoms with Crippen molar-refractivity contribution in [1.29, 1.82) is 0 Å². The van der Waals surface area contributed by atoms with Gasteiger partial charge in [-0.25, -0.2) is 8.42 Å². The van der Waals surface area contributed by atoms with E-state index in [4.69, 9.17) is 18.0 Å². The highest BCUT2D eigenvalue weighted by molar-refractivity contribution is 7.92. The van der Waals surface area contributed by atoms with E-state index in [0.29, 0.717) is 12.1 Å². The standard InChI is InChI=1S/C13H18N2O3S2/c1-10(20(2,17)18)13(16)15(9-8-12(14)19)11-6-4-3-5-7-11/h3-7,10H,8-9H2,1-2H3,(H2,14,19). The van der Waals surface area contributed by atoms with Crippen LogP contribution in [0.3, 0.4) is 0 Å². The van der Waals surface area contributed by atoms with E-state index in [1.54, 1.807) is 24.3 Å². The number of hydrogen-bond acceptors (Lipinski definition) is 4. The predicted molar refractivity (Wildman–Crippen MR) is 84.5 cm³/mol. The molecule has 0 saturated carbocycles. The van der Waals surface area contributed by atoms with Crippen LogP contribution in [-0.2, 0) is 14.6 Å². The first-order chi connectivity index (χ1) is 9.23. The first-order valence-electron chi connectivity index (χ1n) is 6.07. The topological polar surface area (TPSA) is 80.5 Å². The maximum Gasteiger partial charge on any atom is 0.245 e. The van der Waals surface area contributed by atoms with Crippen LogP contribution in [0.1, 0.15) is 13.3 Å². The smallest absolute Gasteiger partial charge is 0.245 e. The van der Waals surface area contributed by atoms with Crippen molar-refractivity contribution in [2.45, 2.75) is 18.6 Å². The van der Waals surface area contributed by atoms with Crippen LogP contribution in [0.5, 0.6) is 0 Å². The first kappa shape index (κ1) is 16.6. The fourth-order valence-electron chi connectivity index (χ4n) is 1.60. The fraction of sp³-hybridized carbons (Fsp3) is 0.385. The second-order valence-electron chi connectivity index (χ2n) is 4.51. The van der Waals surface area contributed by atoms with Gasteiger partial charge in [-0.2, -0.15) is 0 Å². The Morgan fingerprint density at radius 3 is 2.35 bits per heavy atom. The van der Waals surface area contributed by atoms with Crippen molar-refractivity contribution < 1.29 is 13.2 Å². The number of sulfone groups is 1. The van der Waals surface area contributed by atoms with Crippen LogP contribution < -0.4 is 10.6 Å². The van der Waals surface area contributed by atoms with E-state index in [9.17, 15) is 13.2 Å². The van der Waals surface area contributed by atoms with Gasteiger partial charge in [0.05, 0.1) is 4.99 Å². The molecule has 0 aliphatic carbocycles. The molecular formula is C13H18N2O3S2. The third kappa shape index (κ3) is 4.57. The van der Waals surface area contributed by atoms with Crippen molar-refractivity contribution in [3.8, 4) is 0 Å². The normalized spacial score (nSPS) is 12.7. The quantitative estimate of drug-likeness (QED) is 0.796. The summed E-state index contributed by atoms with van der Waals surface area (Å²) in [7, 11) is -3.45. The number of nitrogens with zero attached hydrogens (tertiary/aromatic N) is 1. The van der Waals surface area contributed by atoms with Crippen molar-refractivity contribution in [1.82, 2.24) is 0 Å². The third-order valence-corrected chi connectivity index (χ3v) is 4.60. The summed E-state index contributed by atoms with van der Waals surface area (Å²) in [5.74, 6) is -0.477. The number of carbonyl (C=O) groups is 1. The van der Waals surface area contributed by atoms with Gasteiger partial charge in [-0.1, -0.05) is 30.4 Å². The summed E-state index contributed by atoms with van der Waals surface area (Å²) in [6.45, 7) is 1.65. The van der Waals surface area contributed by atoms with Gasteiger partial charge in [0.2, 0.25) is 5.91 Å². The number of carbonyl (C=O) groups excluding carboxylic acids is 1. The predicted octanol–water partition coefficient (Wildman–Crippen LogP) is 1.13. The molecule has 20 heavy (non-hydrogen) atoms. The summed E-state index contributed by atoms with van der Waals surface area (Å²) >= 11 is 4.81. The maximum atomic E-state index is 12.4. The van der Waals surface area contributed by atoms with E-state index in [0.717, 1.165) is 6.26 Å². The Morgan fingerprint density at radius 1 is 1.35 bits per heavy atom. The van der Waals surface area contributed by atoms with Gasteiger partial charge in [-0.15, -0.1) is 0 Å². The molecule has 2 N–H and O–H groups in total. The number of anilines is 1. The van der Waals surface area contributed by atoms with Crippen LogP contribution in [0, 0.1) is 0 Å². The second-order valence-corrected chi connectivity index (χ2v) is 7.40. The molecule has 110 valence electrons. The summed E-state index contributed by atoms with van der Waals surface area (Å²) in [4.78, 5) is 14.1. The zero-order valence-electron chi connectivity index (χ0n) is 11.4. The van der Waals surface area contributed by atoms with Crippen molar-refractivity contribution in [3.63, 3.8) is 0 Å². The lowest BCUT2D eigenvalue weighted by atomic mass is 10.2. The molecule has 1 aromatic carbocycles. The minimum absolute atomic E-state index is 0.262. The number of hydrogen-bond donors (Lipinski definition) is 1. The van der Waals surface area contributed by atoms with E-state index in [1.165, 1.54) is 11.8 Å². The highest BCUT2D eigenvalue weighted by atomic mass is 32.2. The molecule has 1 aromatic rings. The van der Waals surface area contributed by atoms with Crippen molar-refractivity contribution in [2.75, 3.05) is 17.7 Å². The van der Waals surface area contributed by atoms with Gasteiger partial charge in [0.15, 0.2) is 9.84 Å². The molecule has 0 aliphatic rings. The van der Waals surface area contributed by atoms with Crippen LogP contribution in [-0.4, -0.2) is 37.4 Å². The minimum Gasteiger partial charge on any atom is -0.393 e. The van der Waals surface area contributed by atoms with Crippen LogP contribution in [0.4, 0.5) is 5.69 Å². The number of benzene rings is 1. The van der Waals surface area contributed by atoms with E-state index < -0.39 is 21.0 Å². The number of rotatable bonds is 6. The lowest BCUT2D eigenvalue weighted by molar-refractivity contribution is -0.117. The van der Waals surface area contributed by atoms with Crippen molar-refractivity contribution >= 4 is 38.6 Å². The van der Waals surface area contributed by atoms with E-state index in [2.05, 4.69) is 0 Å². The Hall–Kier alpha value is -1.47. The van der Waals surface area contributed by atoms with Gasteiger partial charge in [-0.05, 0) is 19.1 Å². The molecule has 1 rings (SSSR count). The lowest BCUT2D eigenvalue weighted by Gasteiger charge is -2.25. The summed E-state index contributed by atoms with van der Waals surface area (Å²) in [6, 6.07) is 8.86. The Kier molecular flexibility index (Phi) is 5.64. The molecule has 1 amide bonds. The zero-order valence-corrected chi connectivity index (χ0v) is 13.1. The van der Waals surface area contributed by atoms with Crippen molar-refractivity contribution in [2.24, 2.45) is 5.73 Å². The first-order valence-corrected chi connectivity index (χ1v) is 8.43. The maximum absolute atomic E-state index is 12.4. The van der Waals surface area contributed by atoms with Crippen LogP contribution in [0.2, 0.25) is 0 Å². The van der Waals surface area contributed by atoms with Gasteiger partial charge >= 0.3 is 0 Å². The van der Waals surface area contributed by atoms with Gasteiger partial charge in [0.25, 0.3) is 0 Å². The van der Waals surface area contributed by atoms with E-state index in [1.807, 2.05) is 6.07 Å².